The minimum absolute atomic E-state index is 0.0436. The lowest BCUT2D eigenvalue weighted by atomic mass is 10.2. The van der Waals surface area contributed by atoms with Gasteiger partial charge in [-0.05, 0) is 42.5 Å². The van der Waals surface area contributed by atoms with E-state index in [9.17, 15) is 16.8 Å². The van der Waals surface area contributed by atoms with Crippen molar-refractivity contribution in [2.45, 2.75) is 23.5 Å². The van der Waals surface area contributed by atoms with Gasteiger partial charge in [-0.1, -0.05) is 23.7 Å². The molecule has 1 aromatic heterocycles. The third-order valence-corrected chi connectivity index (χ3v) is 9.89. The molecule has 1 aliphatic rings. The van der Waals surface area contributed by atoms with E-state index in [1.165, 1.54) is 27.8 Å². The summed E-state index contributed by atoms with van der Waals surface area (Å²) in [5.41, 5.74) is 0.789. The first-order valence-electron chi connectivity index (χ1n) is 7.73. The summed E-state index contributed by atoms with van der Waals surface area (Å²) in [5.74, 6) is -0.186. The highest BCUT2D eigenvalue weighted by Gasteiger charge is 2.36. The lowest BCUT2D eigenvalue weighted by Gasteiger charge is -2.20. The van der Waals surface area contributed by atoms with Gasteiger partial charge in [0.2, 0.25) is 10.0 Å². The van der Waals surface area contributed by atoms with E-state index in [0.717, 1.165) is 10.4 Å². The van der Waals surface area contributed by atoms with Crippen molar-refractivity contribution in [3.63, 3.8) is 0 Å². The largest absolute Gasteiger partial charge is 0.243 e. The Labute approximate surface area is 157 Å². The lowest BCUT2D eigenvalue weighted by molar-refractivity contribution is 0.428. The predicted molar refractivity (Wildman–Crippen MR) is 100 cm³/mol. The molecule has 0 saturated carbocycles. The number of nitrogens with zero attached hydrogens (tertiary/aromatic N) is 1. The number of hydrogen-bond donors (Lipinski definition) is 0. The third-order valence-electron chi connectivity index (χ3n) is 4.34. The zero-order valence-electron chi connectivity index (χ0n) is 13.6. The van der Waals surface area contributed by atoms with Crippen LogP contribution in [0.5, 0.6) is 0 Å². The summed E-state index contributed by atoms with van der Waals surface area (Å²) in [4.78, 5) is 0.854. The number of halogens is 1. The monoisotopic (exact) mass is 419 g/mol. The molecule has 0 bridgehead atoms. The molecule has 0 radical (unpaired) electrons. The average molecular weight is 420 g/mol. The second kappa shape index (κ2) is 7.00. The summed E-state index contributed by atoms with van der Waals surface area (Å²) in [5, 5.41) is 1.56. The summed E-state index contributed by atoms with van der Waals surface area (Å²) in [7, 11) is -7.17. The van der Waals surface area contributed by atoms with Crippen molar-refractivity contribution in [2.75, 3.05) is 18.8 Å². The first-order chi connectivity index (χ1) is 11.7. The van der Waals surface area contributed by atoms with Crippen molar-refractivity contribution in [1.29, 1.82) is 0 Å². The summed E-state index contributed by atoms with van der Waals surface area (Å²) in [6, 6.07) is 8.17. The van der Waals surface area contributed by atoms with Gasteiger partial charge in [-0.2, -0.15) is 4.31 Å². The van der Waals surface area contributed by atoms with Gasteiger partial charge in [-0.25, -0.2) is 16.8 Å². The number of benzene rings is 1. The van der Waals surface area contributed by atoms with Crippen LogP contribution in [-0.2, 0) is 19.9 Å². The van der Waals surface area contributed by atoms with Crippen molar-refractivity contribution >= 4 is 42.8 Å². The molecule has 0 aliphatic carbocycles. The minimum atomic E-state index is -3.78. The Morgan fingerprint density at radius 1 is 1.24 bits per heavy atom. The average Bonchev–Trinajstić information content (AvgIpc) is 3.01. The number of hydrogen-bond acceptors (Lipinski definition) is 5. The Kier molecular flexibility index (Phi) is 5.28. The van der Waals surface area contributed by atoms with Crippen LogP contribution in [0.4, 0.5) is 0 Å². The molecule has 1 saturated heterocycles. The van der Waals surface area contributed by atoms with E-state index >= 15 is 0 Å². The van der Waals surface area contributed by atoms with Crippen LogP contribution in [0.25, 0.3) is 0 Å². The van der Waals surface area contributed by atoms with Gasteiger partial charge in [0.1, 0.15) is 0 Å². The molecule has 1 aromatic carbocycles. The maximum absolute atomic E-state index is 12.9. The van der Waals surface area contributed by atoms with E-state index in [4.69, 9.17) is 11.6 Å². The molecule has 25 heavy (non-hydrogen) atoms. The van der Waals surface area contributed by atoms with E-state index in [1.807, 2.05) is 11.4 Å². The van der Waals surface area contributed by atoms with Crippen LogP contribution in [0.3, 0.4) is 0 Å². The van der Waals surface area contributed by atoms with Gasteiger partial charge >= 0.3 is 0 Å². The highest BCUT2D eigenvalue weighted by Crippen LogP contribution is 2.34. The van der Waals surface area contributed by atoms with E-state index in [1.54, 1.807) is 19.1 Å². The van der Waals surface area contributed by atoms with E-state index < -0.39 is 25.1 Å². The van der Waals surface area contributed by atoms with Gasteiger partial charge < -0.3 is 0 Å². The molecule has 1 unspecified atom stereocenters. The number of aryl methyl sites for hydroxylation is 1. The third kappa shape index (κ3) is 3.78. The number of sulfone groups is 1. The van der Waals surface area contributed by atoms with Crippen LogP contribution in [0.1, 0.15) is 22.1 Å². The molecule has 3 rings (SSSR count). The summed E-state index contributed by atoms with van der Waals surface area (Å²) < 4.78 is 52.2. The Bertz CT molecular complexity index is 969. The normalized spacial score (nSPS) is 21.8. The smallest absolute Gasteiger partial charge is 0.228 e. The second-order valence-electron chi connectivity index (χ2n) is 5.97. The fraction of sp³-hybridized carbons (Fsp3) is 0.375. The first-order valence-corrected chi connectivity index (χ1v) is 12.1. The van der Waals surface area contributed by atoms with Crippen molar-refractivity contribution < 1.29 is 16.8 Å². The van der Waals surface area contributed by atoms with Gasteiger partial charge in [0.25, 0.3) is 0 Å². The highest BCUT2D eigenvalue weighted by atomic mass is 35.5. The maximum Gasteiger partial charge on any atom is 0.243 e. The summed E-state index contributed by atoms with van der Waals surface area (Å²) in [6.07, 6.45) is 0.252. The van der Waals surface area contributed by atoms with Crippen LogP contribution in [0.2, 0.25) is 5.02 Å². The second-order valence-corrected chi connectivity index (χ2v) is 11.6. The molecule has 1 fully saturated rings. The zero-order chi connectivity index (χ0) is 18.2. The fourth-order valence-electron chi connectivity index (χ4n) is 2.84. The van der Waals surface area contributed by atoms with Crippen molar-refractivity contribution in [1.82, 2.24) is 4.31 Å². The van der Waals surface area contributed by atoms with E-state index in [2.05, 4.69) is 0 Å². The Morgan fingerprint density at radius 2 is 2.00 bits per heavy atom. The van der Waals surface area contributed by atoms with Crippen molar-refractivity contribution in [3.05, 3.63) is 51.2 Å². The molecular formula is C16H18ClNO4S3. The van der Waals surface area contributed by atoms with Crippen LogP contribution >= 0.6 is 22.9 Å². The molecule has 2 heterocycles. The van der Waals surface area contributed by atoms with Gasteiger partial charge in [0.05, 0.1) is 15.9 Å². The first kappa shape index (κ1) is 18.8. The molecular weight excluding hydrogens is 402 g/mol. The minimum Gasteiger partial charge on any atom is -0.228 e. The molecule has 2 aromatic rings. The Balaban J connectivity index is 1.90. The number of thiophene rings is 1. The molecule has 0 amide bonds. The maximum atomic E-state index is 12.9. The predicted octanol–water partition coefficient (Wildman–Crippen LogP) is 3.26. The van der Waals surface area contributed by atoms with Crippen LogP contribution in [0.15, 0.2) is 40.6 Å². The van der Waals surface area contributed by atoms with Gasteiger partial charge in [-0.3, -0.25) is 0 Å². The van der Waals surface area contributed by atoms with Gasteiger partial charge in [-0.15, -0.1) is 11.3 Å². The van der Waals surface area contributed by atoms with Crippen molar-refractivity contribution in [2.24, 2.45) is 0 Å². The lowest BCUT2D eigenvalue weighted by Crippen LogP contribution is -2.33. The Morgan fingerprint density at radius 3 is 2.64 bits per heavy atom. The number of rotatable bonds is 3. The summed E-state index contributed by atoms with van der Waals surface area (Å²) in [6.45, 7) is 1.91. The van der Waals surface area contributed by atoms with Crippen molar-refractivity contribution in [3.8, 4) is 0 Å². The topological polar surface area (TPSA) is 71.5 Å². The zero-order valence-corrected chi connectivity index (χ0v) is 16.8. The number of sulfonamides is 1. The SMILES string of the molecule is Cc1ccc(S(=O)(=O)N2CCC(c3cccs3)S(=O)(=O)CC2)cc1Cl. The Hall–Kier alpha value is -0.930. The quantitative estimate of drug-likeness (QED) is 0.765. The van der Waals surface area contributed by atoms with E-state index in [-0.39, 0.29) is 30.2 Å². The fourth-order valence-corrected chi connectivity index (χ4v) is 7.69. The van der Waals surface area contributed by atoms with Gasteiger partial charge in [0.15, 0.2) is 9.84 Å². The molecule has 1 aliphatic heterocycles. The molecule has 5 nitrogen and oxygen atoms in total. The molecule has 136 valence electrons. The van der Waals surface area contributed by atoms with Crippen LogP contribution in [0, 0.1) is 6.92 Å². The van der Waals surface area contributed by atoms with Crippen LogP contribution in [-0.4, -0.2) is 40.0 Å². The molecule has 0 spiro atoms. The molecule has 9 heteroatoms. The summed E-state index contributed by atoms with van der Waals surface area (Å²) >= 11 is 7.43. The molecule has 1 atom stereocenters. The standard InChI is InChI=1S/C16H18ClNO4S3/c1-12-4-5-13(11-14(12)17)25(21,22)18-7-6-16(15-3-2-9-23-15)24(19,20)10-8-18/h2-5,9,11,16H,6-8,10H2,1H3. The van der Waals surface area contributed by atoms with E-state index in [0.29, 0.717) is 5.02 Å². The van der Waals surface area contributed by atoms with Crippen LogP contribution < -0.4 is 0 Å². The highest BCUT2D eigenvalue weighted by molar-refractivity contribution is 7.92. The van der Waals surface area contributed by atoms with Gasteiger partial charge in [0, 0.05) is 23.0 Å². The molecule has 0 N–H and O–H groups in total.